The third kappa shape index (κ3) is 3.36. The number of rotatable bonds is 4. The highest BCUT2D eigenvalue weighted by atomic mass is 35.5. The van der Waals surface area contributed by atoms with Crippen LogP contribution in [0.2, 0.25) is 0 Å². The molecule has 25 heavy (non-hydrogen) atoms. The van der Waals surface area contributed by atoms with Crippen LogP contribution in [0.4, 0.5) is 11.4 Å². The quantitative estimate of drug-likeness (QED) is 0.549. The minimum absolute atomic E-state index is 0.0688. The number of nitro benzene ring substituents is 1. The van der Waals surface area contributed by atoms with Crippen molar-refractivity contribution >= 4 is 45.0 Å². The van der Waals surface area contributed by atoms with Crippen LogP contribution in [-0.2, 0) is 0 Å². The Kier molecular flexibility index (Phi) is 4.49. The van der Waals surface area contributed by atoms with Crippen molar-refractivity contribution in [3.63, 3.8) is 0 Å². The number of para-hydroxylation sites is 1. The smallest absolute Gasteiger partial charge is 0.292 e. The summed E-state index contributed by atoms with van der Waals surface area (Å²) < 4.78 is 0. The SMILES string of the molecule is CNc1ccc(/C=C(\Cl)c2nc3ccccc3c(=O)[nH]2)cc1[N+](=O)[O-]. The second kappa shape index (κ2) is 6.74. The number of H-pyrrole nitrogens is 1. The van der Waals surface area contributed by atoms with Crippen LogP contribution >= 0.6 is 11.6 Å². The zero-order valence-corrected chi connectivity index (χ0v) is 13.9. The maximum atomic E-state index is 12.1. The van der Waals surface area contributed by atoms with Gasteiger partial charge >= 0.3 is 0 Å². The molecule has 126 valence electrons. The molecule has 0 atom stereocenters. The largest absolute Gasteiger partial charge is 0.383 e. The predicted octanol–water partition coefficient (Wildman–Crippen LogP) is 3.61. The van der Waals surface area contributed by atoms with Crippen molar-refractivity contribution in [1.29, 1.82) is 0 Å². The maximum Gasteiger partial charge on any atom is 0.292 e. The number of nitrogens with one attached hydrogen (secondary N) is 2. The van der Waals surface area contributed by atoms with Gasteiger partial charge in [0.15, 0.2) is 5.82 Å². The molecule has 8 heteroatoms. The molecule has 0 saturated carbocycles. The van der Waals surface area contributed by atoms with Gasteiger partial charge in [0.2, 0.25) is 0 Å². The summed E-state index contributed by atoms with van der Waals surface area (Å²) in [5.41, 5.74) is 1.07. The van der Waals surface area contributed by atoms with Crippen molar-refractivity contribution in [2.24, 2.45) is 0 Å². The summed E-state index contributed by atoms with van der Waals surface area (Å²) in [7, 11) is 1.61. The van der Waals surface area contributed by atoms with E-state index in [2.05, 4.69) is 15.3 Å². The normalized spacial score (nSPS) is 11.5. The van der Waals surface area contributed by atoms with E-state index in [0.29, 0.717) is 22.2 Å². The average Bonchev–Trinajstić information content (AvgIpc) is 2.61. The summed E-state index contributed by atoms with van der Waals surface area (Å²) in [6, 6.07) is 11.6. The van der Waals surface area contributed by atoms with E-state index in [9.17, 15) is 14.9 Å². The molecule has 0 spiro atoms. The molecule has 2 aromatic carbocycles. The first-order valence-corrected chi connectivity index (χ1v) is 7.70. The third-order valence-corrected chi connectivity index (χ3v) is 3.91. The van der Waals surface area contributed by atoms with Crippen LogP contribution in [0, 0.1) is 10.1 Å². The van der Waals surface area contributed by atoms with Gasteiger partial charge < -0.3 is 10.3 Å². The van der Waals surface area contributed by atoms with Crippen LogP contribution < -0.4 is 10.9 Å². The minimum atomic E-state index is -0.479. The van der Waals surface area contributed by atoms with Crippen molar-refractivity contribution in [2.45, 2.75) is 0 Å². The number of fused-ring (bicyclic) bond motifs is 1. The molecular weight excluding hydrogens is 344 g/mol. The van der Waals surface area contributed by atoms with Gasteiger partial charge in [0.25, 0.3) is 11.2 Å². The van der Waals surface area contributed by atoms with Crippen molar-refractivity contribution < 1.29 is 4.92 Å². The molecule has 1 heterocycles. The van der Waals surface area contributed by atoms with Gasteiger partial charge in [0, 0.05) is 13.1 Å². The molecule has 0 unspecified atom stereocenters. The summed E-state index contributed by atoms with van der Waals surface area (Å²) in [6.45, 7) is 0. The minimum Gasteiger partial charge on any atom is -0.383 e. The number of aromatic amines is 1. The second-order valence-electron chi connectivity index (χ2n) is 5.21. The van der Waals surface area contributed by atoms with Crippen LogP contribution in [0.1, 0.15) is 11.4 Å². The fraction of sp³-hybridized carbons (Fsp3) is 0.0588. The Bertz CT molecular complexity index is 1060. The van der Waals surface area contributed by atoms with Crippen LogP contribution in [0.25, 0.3) is 22.0 Å². The monoisotopic (exact) mass is 356 g/mol. The molecule has 0 aliphatic heterocycles. The average molecular weight is 357 g/mol. The Morgan fingerprint density at radius 1 is 1.32 bits per heavy atom. The van der Waals surface area contributed by atoms with Crippen molar-refractivity contribution in [2.75, 3.05) is 12.4 Å². The third-order valence-electron chi connectivity index (χ3n) is 3.62. The number of nitrogens with zero attached hydrogens (tertiary/aromatic N) is 2. The van der Waals surface area contributed by atoms with E-state index in [0.717, 1.165) is 0 Å². The summed E-state index contributed by atoms with van der Waals surface area (Å²) in [5.74, 6) is 0.200. The van der Waals surface area contributed by atoms with Gasteiger partial charge in [0.05, 0.1) is 20.9 Å². The molecule has 1 aromatic heterocycles. The Hall–Kier alpha value is -3.19. The predicted molar refractivity (Wildman–Crippen MR) is 98.7 cm³/mol. The maximum absolute atomic E-state index is 12.1. The van der Waals surface area contributed by atoms with Gasteiger partial charge in [-0.2, -0.15) is 0 Å². The Morgan fingerprint density at radius 3 is 2.80 bits per heavy atom. The summed E-state index contributed by atoms with van der Waals surface area (Å²) in [6.07, 6.45) is 1.51. The van der Waals surface area contributed by atoms with E-state index in [1.807, 2.05) is 0 Å². The lowest BCUT2D eigenvalue weighted by molar-refractivity contribution is -0.383. The molecule has 0 bridgehead atoms. The van der Waals surface area contributed by atoms with Crippen molar-refractivity contribution in [3.05, 3.63) is 74.3 Å². The van der Waals surface area contributed by atoms with Gasteiger partial charge in [-0.3, -0.25) is 14.9 Å². The number of hydrogen-bond acceptors (Lipinski definition) is 5. The number of nitro groups is 1. The molecule has 0 aliphatic carbocycles. The highest BCUT2D eigenvalue weighted by molar-refractivity contribution is 6.50. The molecule has 0 aliphatic rings. The highest BCUT2D eigenvalue weighted by Crippen LogP contribution is 2.27. The Labute approximate surface area is 147 Å². The molecular formula is C17H13ClN4O3. The number of anilines is 1. The van der Waals surface area contributed by atoms with Gasteiger partial charge in [-0.15, -0.1) is 0 Å². The summed E-state index contributed by atoms with van der Waals surface area (Å²) in [5, 5.41) is 14.5. The molecule has 0 radical (unpaired) electrons. The van der Waals surface area contributed by atoms with Crippen LogP contribution in [-0.4, -0.2) is 21.9 Å². The van der Waals surface area contributed by atoms with Gasteiger partial charge in [-0.1, -0.05) is 29.8 Å². The molecule has 7 nitrogen and oxygen atoms in total. The second-order valence-corrected chi connectivity index (χ2v) is 5.61. The van der Waals surface area contributed by atoms with Crippen LogP contribution in [0.5, 0.6) is 0 Å². The standard InChI is InChI=1S/C17H13ClN4O3/c1-19-14-7-6-10(9-15(14)22(24)25)8-12(18)16-20-13-5-3-2-4-11(13)17(23)21-16/h2-9,19H,1H3,(H,20,21,23)/b12-8-. The topological polar surface area (TPSA) is 101 Å². The molecule has 0 fully saturated rings. The molecule has 3 rings (SSSR count). The van der Waals surface area contributed by atoms with E-state index in [1.54, 1.807) is 43.4 Å². The first kappa shape index (κ1) is 16.7. The molecule has 2 N–H and O–H groups in total. The Balaban J connectivity index is 2.06. The van der Waals surface area contributed by atoms with Gasteiger partial charge in [-0.05, 0) is 29.8 Å². The zero-order valence-electron chi connectivity index (χ0n) is 13.1. The lowest BCUT2D eigenvalue weighted by atomic mass is 10.1. The van der Waals surface area contributed by atoms with E-state index in [1.165, 1.54) is 12.1 Å². The highest BCUT2D eigenvalue weighted by Gasteiger charge is 2.13. The fourth-order valence-electron chi connectivity index (χ4n) is 2.42. The summed E-state index contributed by atoms with van der Waals surface area (Å²) >= 11 is 6.26. The van der Waals surface area contributed by atoms with Crippen molar-refractivity contribution in [1.82, 2.24) is 9.97 Å². The van der Waals surface area contributed by atoms with E-state index < -0.39 is 4.92 Å². The van der Waals surface area contributed by atoms with Gasteiger partial charge in [-0.25, -0.2) is 4.98 Å². The number of hydrogen-bond donors (Lipinski definition) is 2. The first-order valence-electron chi connectivity index (χ1n) is 7.32. The lowest BCUT2D eigenvalue weighted by Gasteiger charge is -2.04. The molecule has 0 saturated heterocycles. The molecule has 3 aromatic rings. The first-order chi connectivity index (χ1) is 12.0. The molecule has 0 amide bonds. The summed E-state index contributed by atoms with van der Waals surface area (Å²) in [4.78, 5) is 29.7. The fourth-order valence-corrected chi connectivity index (χ4v) is 2.63. The van der Waals surface area contributed by atoms with E-state index >= 15 is 0 Å². The lowest BCUT2D eigenvalue weighted by Crippen LogP contribution is -2.10. The van der Waals surface area contributed by atoms with Crippen LogP contribution in [0.3, 0.4) is 0 Å². The van der Waals surface area contributed by atoms with Gasteiger partial charge in [0.1, 0.15) is 5.69 Å². The zero-order chi connectivity index (χ0) is 18.0. The van der Waals surface area contributed by atoms with E-state index in [4.69, 9.17) is 11.6 Å². The van der Waals surface area contributed by atoms with E-state index in [-0.39, 0.29) is 22.1 Å². The van der Waals surface area contributed by atoms with Crippen LogP contribution in [0.15, 0.2) is 47.3 Å². The number of halogens is 1. The Morgan fingerprint density at radius 2 is 2.08 bits per heavy atom. The number of aromatic nitrogens is 2. The number of benzene rings is 2. The van der Waals surface area contributed by atoms with Crippen molar-refractivity contribution in [3.8, 4) is 0 Å².